The highest BCUT2D eigenvalue weighted by atomic mass is 19.1. The Bertz CT molecular complexity index is 853. The van der Waals surface area contributed by atoms with Gasteiger partial charge in [-0.3, -0.25) is 14.6 Å². The summed E-state index contributed by atoms with van der Waals surface area (Å²) in [5, 5.41) is 3.07. The summed E-state index contributed by atoms with van der Waals surface area (Å²) in [7, 11) is 1.47. The fraction of sp³-hybridized carbons (Fsp3) is 0.435. The molecule has 2 aromatic rings. The quantitative estimate of drug-likeness (QED) is 0.807. The molecule has 3 rings (SSSR count). The van der Waals surface area contributed by atoms with Gasteiger partial charge < -0.3 is 10.1 Å². The van der Waals surface area contributed by atoms with Gasteiger partial charge in [0, 0.05) is 38.4 Å². The molecule has 0 radical (unpaired) electrons. The van der Waals surface area contributed by atoms with E-state index in [0.29, 0.717) is 13.1 Å². The molecular formula is C23H30FN3O2. The van der Waals surface area contributed by atoms with Crippen LogP contribution in [0.1, 0.15) is 22.3 Å². The average molecular weight is 400 g/mol. The van der Waals surface area contributed by atoms with Crippen molar-refractivity contribution in [3.05, 3.63) is 58.4 Å². The topological polar surface area (TPSA) is 44.8 Å². The number of nitrogens with zero attached hydrogens (tertiary/aromatic N) is 2. The van der Waals surface area contributed by atoms with Gasteiger partial charge in [0.1, 0.15) is 0 Å². The molecule has 0 unspecified atom stereocenters. The lowest BCUT2D eigenvalue weighted by Crippen LogP contribution is -2.48. The van der Waals surface area contributed by atoms with E-state index in [9.17, 15) is 9.18 Å². The van der Waals surface area contributed by atoms with Gasteiger partial charge in [0.25, 0.3) is 0 Å². The number of halogens is 1. The Kier molecular flexibility index (Phi) is 6.87. The van der Waals surface area contributed by atoms with Crippen LogP contribution in [0.5, 0.6) is 5.75 Å². The molecule has 1 aliphatic heterocycles. The summed E-state index contributed by atoms with van der Waals surface area (Å²) in [5.74, 6) is -0.0450. The van der Waals surface area contributed by atoms with Gasteiger partial charge in [-0.1, -0.05) is 23.8 Å². The van der Waals surface area contributed by atoms with Crippen molar-refractivity contribution in [2.75, 3.05) is 45.2 Å². The molecule has 1 saturated heterocycles. The number of ether oxygens (including phenoxy) is 1. The fourth-order valence-corrected chi connectivity index (χ4v) is 3.93. The molecule has 0 aliphatic carbocycles. The second kappa shape index (κ2) is 9.37. The van der Waals surface area contributed by atoms with E-state index in [-0.39, 0.29) is 17.5 Å². The summed E-state index contributed by atoms with van der Waals surface area (Å²) in [4.78, 5) is 17.0. The van der Waals surface area contributed by atoms with Crippen LogP contribution in [-0.4, -0.2) is 55.5 Å². The van der Waals surface area contributed by atoms with Crippen molar-refractivity contribution in [1.82, 2.24) is 9.80 Å². The third kappa shape index (κ3) is 5.55. The second-order valence-electron chi connectivity index (χ2n) is 7.84. The molecule has 6 heteroatoms. The van der Waals surface area contributed by atoms with Crippen molar-refractivity contribution < 1.29 is 13.9 Å². The molecule has 1 aliphatic rings. The minimum Gasteiger partial charge on any atom is -0.494 e. The van der Waals surface area contributed by atoms with Crippen LogP contribution in [0.3, 0.4) is 0 Å². The van der Waals surface area contributed by atoms with Crippen LogP contribution < -0.4 is 10.1 Å². The third-order valence-corrected chi connectivity index (χ3v) is 5.40. The molecule has 2 aromatic carbocycles. The zero-order valence-electron chi connectivity index (χ0n) is 17.7. The van der Waals surface area contributed by atoms with Crippen molar-refractivity contribution in [2.24, 2.45) is 0 Å². The summed E-state index contributed by atoms with van der Waals surface area (Å²) in [6.07, 6.45) is 0. The molecule has 0 aromatic heterocycles. The Labute approximate surface area is 172 Å². The largest absolute Gasteiger partial charge is 0.494 e. The van der Waals surface area contributed by atoms with Gasteiger partial charge in [0.2, 0.25) is 5.91 Å². The Morgan fingerprint density at radius 1 is 1.03 bits per heavy atom. The lowest BCUT2D eigenvalue weighted by atomic mass is 10.1. The van der Waals surface area contributed by atoms with E-state index >= 15 is 0 Å². The summed E-state index contributed by atoms with van der Waals surface area (Å²) in [6, 6.07) is 9.27. The van der Waals surface area contributed by atoms with Crippen molar-refractivity contribution in [2.45, 2.75) is 27.3 Å². The van der Waals surface area contributed by atoms with Crippen molar-refractivity contribution in [1.29, 1.82) is 0 Å². The Morgan fingerprint density at radius 3 is 2.24 bits per heavy atom. The highest BCUT2D eigenvalue weighted by molar-refractivity contribution is 5.93. The van der Waals surface area contributed by atoms with Gasteiger partial charge in [-0.05, 0) is 49.6 Å². The summed E-state index contributed by atoms with van der Waals surface area (Å²) in [5.41, 5.74) is 5.23. The number of carbonyl (C=O) groups excluding carboxylic acids is 1. The van der Waals surface area contributed by atoms with Gasteiger partial charge in [0.15, 0.2) is 11.6 Å². The number of anilines is 1. The molecule has 1 amide bonds. The van der Waals surface area contributed by atoms with Gasteiger partial charge in [-0.2, -0.15) is 0 Å². The standard InChI is InChI=1S/C23H30FN3O2/c1-16-11-17(2)23(18(3)12-16)25-22(28)15-27-9-7-26(8-10-27)14-19-5-6-21(29-4)20(24)13-19/h5-6,11-13H,7-10,14-15H2,1-4H3,(H,25,28). The number of hydrogen-bond donors (Lipinski definition) is 1. The van der Waals surface area contributed by atoms with Crippen LogP contribution in [0.25, 0.3) is 0 Å². The number of amides is 1. The highest BCUT2D eigenvalue weighted by Crippen LogP contribution is 2.22. The Hall–Kier alpha value is -2.44. The van der Waals surface area contributed by atoms with Gasteiger partial charge in [-0.15, -0.1) is 0 Å². The van der Waals surface area contributed by atoms with Crippen LogP contribution in [-0.2, 0) is 11.3 Å². The highest BCUT2D eigenvalue weighted by Gasteiger charge is 2.20. The zero-order valence-corrected chi connectivity index (χ0v) is 17.7. The normalized spacial score (nSPS) is 15.3. The monoisotopic (exact) mass is 399 g/mol. The van der Waals surface area contributed by atoms with E-state index in [1.807, 2.05) is 19.9 Å². The first kappa shape index (κ1) is 21.3. The van der Waals surface area contributed by atoms with Crippen molar-refractivity contribution in [3.8, 4) is 5.75 Å². The first-order valence-electron chi connectivity index (χ1n) is 10.0. The average Bonchev–Trinajstić information content (AvgIpc) is 2.66. The predicted octanol–water partition coefficient (Wildman–Crippen LogP) is 3.52. The fourth-order valence-electron chi connectivity index (χ4n) is 3.93. The number of rotatable bonds is 6. The molecule has 0 saturated carbocycles. The van der Waals surface area contributed by atoms with Gasteiger partial charge in [-0.25, -0.2) is 4.39 Å². The lowest BCUT2D eigenvalue weighted by molar-refractivity contribution is -0.117. The van der Waals surface area contributed by atoms with Crippen molar-refractivity contribution >= 4 is 11.6 Å². The maximum absolute atomic E-state index is 13.9. The maximum atomic E-state index is 13.9. The summed E-state index contributed by atoms with van der Waals surface area (Å²) in [6.45, 7) is 10.5. The number of hydrogen-bond acceptors (Lipinski definition) is 4. The van der Waals surface area contributed by atoms with E-state index in [1.165, 1.54) is 18.7 Å². The van der Waals surface area contributed by atoms with Gasteiger partial charge in [0.05, 0.1) is 13.7 Å². The Morgan fingerprint density at radius 2 is 1.66 bits per heavy atom. The van der Waals surface area contributed by atoms with Crippen LogP contribution in [0.4, 0.5) is 10.1 Å². The third-order valence-electron chi connectivity index (χ3n) is 5.40. The number of aryl methyl sites for hydroxylation is 3. The minimum atomic E-state index is -0.331. The van der Waals surface area contributed by atoms with Crippen LogP contribution in [0, 0.1) is 26.6 Å². The first-order chi connectivity index (χ1) is 13.9. The van der Waals surface area contributed by atoms with Crippen LogP contribution >= 0.6 is 0 Å². The predicted molar refractivity (Wildman–Crippen MR) is 114 cm³/mol. The second-order valence-corrected chi connectivity index (χ2v) is 7.84. The molecule has 0 bridgehead atoms. The molecule has 0 spiro atoms. The van der Waals surface area contributed by atoms with E-state index in [1.54, 1.807) is 6.07 Å². The van der Waals surface area contributed by atoms with Crippen molar-refractivity contribution in [3.63, 3.8) is 0 Å². The number of carbonyl (C=O) groups is 1. The van der Waals surface area contributed by atoms with E-state index in [4.69, 9.17) is 4.74 Å². The summed E-state index contributed by atoms with van der Waals surface area (Å²) >= 11 is 0. The molecule has 1 fully saturated rings. The molecule has 0 atom stereocenters. The number of piperazine rings is 1. The molecule has 1 heterocycles. The molecule has 5 nitrogen and oxygen atoms in total. The molecule has 156 valence electrons. The number of nitrogens with one attached hydrogen (secondary N) is 1. The van der Waals surface area contributed by atoms with E-state index in [0.717, 1.165) is 48.6 Å². The minimum absolute atomic E-state index is 0.0192. The van der Waals surface area contributed by atoms with Gasteiger partial charge >= 0.3 is 0 Å². The molecule has 1 N–H and O–H groups in total. The van der Waals surface area contributed by atoms with E-state index < -0.39 is 0 Å². The number of methoxy groups -OCH3 is 1. The maximum Gasteiger partial charge on any atom is 0.238 e. The molecular weight excluding hydrogens is 369 g/mol. The summed E-state index contributed by atoms with van der Waals surface area (Å²) < 4.78 is 18.8. The van der Waals surface area contributed by atoms with Crippen LogP contribution in [0.15, 0.2) is 30.3 Å². The zero-order chi connectivity index (χ0) is 21.0. The molecule has 29 heavy (non-hydrogen) atoms. The van der Waals surface area contributed by atoms with E-state index in [2.05, 4.69) is 34.2 Å². The SMILES string of the molecule is COc1ccc(CN2CCN(CC(=O)Nc3c(C)cc(C)cc3C)CC2)cc1F. The smallest absolute Gasteiger partial charge is 0.238 e. The Balaban J connectivity index is 1.48. The van der Waals surface area contributed by atoms with Crippen LogP contribution in [0.2, 0.25) is 0 Å². The lowest BCUT2D eigenvalue weighted by Gasteiger charge is -2.34. The first-order valence-corrected chi connectivity index (χ1v) is 10.0. The number of benzene rings is 2.